The van der Waals surface area contributed by atoms with Crippen LogP contribution in [-0.2, 0) is 5.54 Å². The Bertz CT molecular complexity index is 1120. The monoisotopic (exact) mass is 477 g/mol. The third-order valence-electron chi connectivity index (χ3n) is 9.23. The SMILES string of the molecule is O=C(c1ccccc1[N+](=O)[O-])N1c2nc(C3CCCCC3)nn2C2(CCCCC2)C2CCCCC21. The van der Waals surface area contributed by atoms with Crippen molar-refractivity contribution in [2.45, 2.75) is 107 Å². The number of anilines is 1. The summed E-state index contributed by atoms with van der Waals surface area (Å²) in [5, 5.41) is 17.0. The minimum Gasteiger partial charge on any atom is -0.273 e. The fraction of sp³-hybridized carbons (Fsp3) is 0.667. The lowest BCUT2D eigenvalue weighted by atomic mass is 9.64. The first-order valence-electron chi connectivity index (χ1n) is 13.6. The average Bonchev–Trinajstić information content (AvgIpc) is 3.36. The Labute approximate surface area is 206 Å². The molecule has 1 aliphatic heterocycles. The highest BCUT2D eigenvalue weighted by Gasteiger charge is 2.55. The summed E-state index contributed by atoms with van der Waals surface area (Å²) in [6.07, 6.45) is 15.9. The molecule has 0 saturated heterocycles. The number of nitro benzene ring substituents is 1. The molecule has 6 rings (SSSR count). The van der Waals surface area contributed by atoms with Gasteiger partial charge in [0.2, 0.25) is 5.95 Å². The molecule has 1 amide bonds. The Morgan fingerprint density at radius 1 is 0.943 bits per heavy atom. The maximum Gasteiger partial charge on any atom is 0.282 e. The van der Waals surface area contributed by atoms with Crippen LogP contribution < -0.4 is 4.90 Å². The molecule has 0 bridgehead atoms. The van der Waals surface area contributed by atoms with Crippen LogP contribution in [0, 0.1) is 16.0 Å². The largest absolute Gasteiger partial charge is 0.282 e. The van der Waals surface area contributed by atoms with Gasteiger partial charge in [-0.3, -0.25) is 19.8 Å². The molecule has 3 aliphatic carbocycles. The fourth-order valence-electron chi connectivity index (χ4n) is 7.59. The highest BCUT2D eigenvalue weighted by atomic mass is 16.6. The topological polar surface area (TPSA) is 94.2 Å². The second kappa shape index (κ2) is 9.03. The van der Waals surface area contributed by atoms with Crippen LogP contribution in [0.1, 0.15) is 112 Å². The first-order chi connectivity index (χ1) is 17.1. The molecule has 4 aliphatic rings. The van der Waals surface area contributed by atoms with Gasteiger partial charge >= 0.3 is 0 Å². The molecule has 1 aromatic heterocycles. The maximum absolute atomic E-state index is 14.1. The zero-order valence-electron chi connectivity index (χ0n) is 20.4. The van der Waals surface area contributed by atoms with Crippen molar-refractivity contribution < 1.29 is 9.72 Å². The normalized spacial score (nSPS) is 26.2. The number of carbonyl (C=O) groups excluding carboxylic acids is 1. The van der Waals surface area contributed by atoms with Gasteiger partial charge in [-0.1, -0.05) is 63.5 Å². The van der Waals surface area contributed by atoms with Crippen LogP contribution in [0.4, 0.5) is 11.6 Å². The number of hydrogen-bond acceptors (Lipinski definition) is 5. The van der Waals surface area contributed by atoms with Crippen molar-refractivity contribution in [1.29, 1.82) is 0 Å². The lowest BCUT2D eigenvalue weighted by molar-refractivity contribution is -0.385. The Hall–Kier alpha value is -2.77. The van der Waals surface area contributed by atoms with Crippen LogP contribution in [0.2, 0.25) is 0 Å². The van der Waals surface area contributed by atoms with Crippen molar-refractivity contribution in [1.82, 2.24) is 14.8 Å². The van der Waals surface area contributed by atoms with Crippen LogP contribution in [0.5, 0.6) is 0 Å². The maximum atomic E-state index is 14.1. The number of carbonyl (C=O) groups is 1. The Kier molecular flexibility index (Phi) is 5.85. The molecule has 8 nitrogen and oxygen atoms in total. The highest BCUT2D eigenvalue weighted by molar-refractivity contribution is 6.08. The molecule has 0 N–H and O–H groups in total. The zero-order valence-corrected chi connectivity index (χ0v) is 20.4. The van der Waals surface area contributed by atoms with E-state index in [1.807, 2.05) is 4.90 Å². The van der Waals surface area contributed by atoms with Gasteiger partial charge in [0, 0.05) is 23.9 Å². The molecular formula is C27H35N5O3. The van der Waals surface area contributed by atoms with E-state index in [2.05, 4.69) is 4.68 Å². The number of rotatable bonds is 3. The highest BCUT2D eigenvalue weighted by Crippen LogP contribution is 2.53. The van der Waals surface area contributed by atoms with Gasteiger partial charge < -0.3 is 0 Å². The fourth-order valence-corrected chi connectivity index (χ4v) is 7.59. The third-order valence-corrected chi connectivity index (χ3v) is 9.23. The van der Waals surface area contributed by atoms with E-state index in [0.29, 0.717) is 17.8 Å². The summed E-state index contributed by atoms with van der Waals surface area (Å²) in [6, 6.07) is 6.37. The molecule has 2 unspecified atom stereocenters. The van der Waals surface area contributed by atoms with E-state index in [1.165, 1.54) is 44.6 Å². The molecule has 2 atom stereocenters. The summed E-state index contributed by atoms with van der Waals surface area (Å²) in [7, 11) is 0. The average molecular weight is 478 g/mol. The minimum absolute atomic E-state index is 0.0186. The quantitative estimate of drug-likeness (QED) is 0.392. The molecule has 35 heavy (non-hydrogen) atoms. The van der Waals surface area contributed by atoms with Gasteiger partial charge in [0.1, 0.15) is 5.56 Å². The van der Waals surface area contributed by atoms with E-state index in [-0.39, 0.29) is 28.7 Å². The number of nitrogens with zero attached hydrogens (tertiary/aromatic N) is 5. The van der Waals surface area contributed by atoms with Gasteiger partial charge in [-0.05, 0) is 44.6 Å². The predicted molar refractivity (Wildman–Crippen MR) is 133 cm³/mol. The molecule has 2 aromatic rings. The molecular weight excluding hydrogens is 442 g/mol. The lowest BCUT2D eigenvalue weighted by Crippen LogP contribution is -2.61. The smallest absolute Gasteiger partial charge is 0.273 e. The van der Waals surface area contributed by atoms with Crippen molar-refractivity contribution in [3.8, 4) is 0 Å². The van der Waals surface area contributed by atoms with Crippen LogP contribution >= 0.6 is 0 Å². The number of aromatic nitrogens is 3. The molecule has 3 saturated carbocycles. The predicted octanol–water partition coefficient (Wildman–Crippen LogP) is 6.11. The second-order valence-electron chi connectivity index (χ2n) is 11.1. The van der Waals surface area contributed by atoms with Crippen LogP contribution in [0.3, 0.4) is 0 Å². The van der Waals surface area contributed by atoms with E-state index in [9.17, 15) is 14.9 Å². The standard InChI is InChI=1S/C27H35N5O3/c33-25(20-13-5-7-15-22(20)32(34)35)30-23-16-8-6-14-21(23)27(17-9-2-10-18-27)31-26(30)28-24(29-31)19-11-3-1-4-12-19/h5,7,13,15,19,21,23H,1-4,6,8-12,14,16-18H2. The summed E-state index contributed by atoms with van der Waals surface area (Å²) < 4.78 is 2.15. The van der Waals surface area contributed by atoms with Gasteiger partial charge in [0.15, 0.2) is 5.82 Å². The summed E-state index contributed by atoms with van der Waals surface area (Å²) in [5.41, 5.74) is -0.0746. The Balaban J connectivity index is 1.51. The van der Waals surface area contributed by atoms with Gasteiger partial charge in [-0.25, -0.2) is 4.68 Å². The molecule has 0 radical (unpaired) electrons. The number of hydrogen-bond donors (Lipinski definition) is 0. The Morgan fingerprint density at radius 3 is 2.40 bits per heavy atom. The van der Waals surface area contributed by atoms with Crippen molar-refractivity contribution in [2.24, 2.45) is 5.92 Å². The first-order valence-corrected chi connectivity index (χ1v) is 13.6. The summed E-state index contributed by atoms with van der Waals surface area (Å²) in [5.74, 6) is 1.87. The molecule has 3 fully saturated rings. The molecule has 8 heteroatoms. The number of para-hydroxylation sites is 1. The van der Waals surface area contributed by atoms with E-state index >= 15 is 0 Å². The van der Waals surface area contributed by atoms with Crippen LogP contribution in [0.25, 0.3) is 0 Å². The third kappa shape index (κ3) is 3.67. The van der Waals surface area contributed by atoms with E-state index in [1.54, 1.807) is 18.2 Å². The van der Waals surface area contributed by atoms with E-state index in [0.717, 1.165) is 57.2 Å². The number of benzene rings is 1. The first kappa shape index (κ1) is 22.7. The molecule has 186 valence electrons. The van der Waals surface area contributed by atoms with Gasteiger partial charge in [0.05, 0.1) is 10.5 Å². The zero-order chi connectivity index (χ0) is 24.0. The molecule has 1 aromatic carbocycles. The second-order valence-corrected chi connectivity index (χ2v) is 11.1. The minimum atomic E-state index is -0.448. The van der Waals surface area contributed by atoms with E-state index < -0.39 is 4.92 Å². The number of nitro groups is 1. The summed E-state index contributed by atoms with van der Waals surface area (Å²) in [6.45, 7) is 0. The number of amides is 1. The van der Waals surface area contributed by atoms with Crippen molar-refractivity contribution in [2.75, 3.05) is 4.90 Å². The van der Waals surface area contributed by atoms with Gasteiger partial charge in [0.25, 0.3) is 11.6 Å². The van der Waals surface area contributed by atoms with Crippen molar-refractivity contribution in [3.05, 3.63) is 45.8 Å². The Morgan fingerprint density at radius 2 is 1.63 bits per heavy atom. The van der Waals surface area contributed by atoms with Crippen LogP contribution in [0.15, 0.2) is 24.3 Å². The van der Waals surface area contributed by atoms with Gasteiger partial charge in [-0.2, -0.15) is 10.1 Å². The molecule has 2 heterocycles. The van der Waals surface area contributed by atoms with Crippen molar-refractivity contribution in [3.63, 3.8) is 0 Å². The lowest BCUT2D eigenvalue weighted by Gasteiger charge is -2.55. The van der Waals surface area contributed by atoms with Crippen molar-refractivity contribution >= 4 is 17.5 Å². The summed E-state index contributed by atoms with van der Waals surface area (Å²) >= 11 is 0. The summed E-state index contributed by atoms with van der Waals surface area (Å²) in [4.78, 5) is 32.4. The van der Waals surface area contributed by atoms with E-state index in [4.69, 9.17) is 10.1 Å². The van der Waals surface area contributed by atoms with Gasteiger partial charge in [-0.15, -0.1) is 0 Å². The van der Waals surface area contributed by atoms with Crippen LogP contribution in [-0.4, -0.2) is 31.6 Å². The number of fused-ring (bicyclic) bond motifs is 4. The molecule has 1 spiro atoms.